The molecule has 0 radical (unpaired) electrons. The van der Waals surface area contributed by atoms with E-state index in [-0.39, 0.29) is 0 Å². The van der Waals surface area contributed by atoms with Gasteiger partial charge < -0.3 is 5.11 Å². The van der Waals surface area contributed by atoms with Crippen LogP contribution in [-0.2, 0) is 4.79 Å². The SMILES string of the molecule is CC(=CC(=O)O)CN(C)C1CCC(C)CC1. The lowest BCUT2D eigenvalue weighted by Crippen LogP contribution is -2.35. The van der Waals surface area contributed by atoms with E-state index in [2.05, 4.69) is 18.9 Å². The van der Waals surface area contributed by atoms with Crippen LogP contribution in [0.25, 0.3) is 0 Å². The summed E-state index contributed by atoms with van der Waals surface area (Å²) in [6, 6.07) is 0.633. The van der Waals surface area contributed by atoms with Crippen molar-refractivity contribution in [2.45, 2.75) is 45.6 Å². The highest BCUT2D eigenvalue weighted by atomic mass is 16.4. The molecule has 1 aliphatic rings. The molecular weight excluding hydrogens is 202 g/mol. The van der Waals surface area contributed by atoms with Gasteiger partial charge in [0.2, 0.25) is 0 Å². The number of carboxylic acid groups (broad SMARTS) is 1. The number of likely N-dealkylation sites (N-methyl/N-ethyl adjacent to an activating group) is 1. The van der Waals surface area contributed by atoms with E-state index in [1.54, 1.807) is 0 Å². The monoisotopic (exact) mass is 225 g/mol. The molecule has 0 aromatic carbocycles. The molecule has 1 aliphatic carbocycles. The molecule has 0 heterocycles. The van der Waals surface area contributed by atoms with Crippen LogP contribution in [0.4, 0.5) is 0 Å². The maximum Gasteiger partial charge on any atom is 0.328 e. The van der Waals surface area contributed by atoms with Crippen molar-refractivity contribution in [2.24, 2.45) is 5.92 Å². The van der Waals surface area contributed by atoms with Gasteiger partial charge in [0.25, 0.3) is 0 Å². The lowest BCUT2D eigenvalue weighted by molar-refractivity contribution is -0.131. The topological polar surface area (TPSA) is 40.5 Å². The number of aliphatic carboxylic acids is 1. The molecule has 92 valence electrons. The zero-order valence-corrected chi connectivity index (χ0v) is 10.6. The van der Waals surface area contributed by atoms with Crippen LogP contribution in [0, 0.1) is 5.92 Å². The molecule has 0 atom stereocenters. The van der Waals surface area contributed by atoms with Gasteiger partial charge in [-0.3, -0.25) is 4.90 Å². The van der Waals surface area contributed by atoms with Gasteiger partial charge >= 0.3 is 5.97 Å². The largest absolute Gasteiger partial charge is 0.478 e. The summed E-state index contributed by atoms with van der Waals surface area (Å²) in [7, 11) is 2.10. The Morgan fingerprint density at radius 2 is 1.94 bits per heavy atom. The van der Waals surface area contributed by atoms with E-state index in [0.717, 1.165) is 18.0 Å². The third-order valence-corrected chi connectivity index (χ3v) is 3.48. The minimum absolute atomic E-state index is 0.633. The molecule has 0 aliphatic heterocycles. The van der Waals surface area contributed by atoms with Crippen LogP contribution >= 0.6 is 0 Å². The fourth-order valence-corrected chi connectivity index (χ4v) is 2.46. The van der Waals surface area contributed by atoms with Gasteiger partial charge in [-0.05, 0) is 45.6 Å². The Hall–Kier alpha value is -0.830. The summed E-state index contributed by atoms with van der Waals surface area (Å²) < 4.78 is 0. The molecule has 16 heavy (non-hydrogen) atoms. The molecule has 3 nitrogen and oxygen atoms in total. The number of hydrogen-bond donors (Lipinski definition) is 1. The molecule has 0 spiro atoms. The van der Waals surface area contributed by atoms with Gasteiger partial charge in [0.15, 0.2) is 0 Å². The summed E-state index contributed by atoms with van der Waals surface area (Å²) in [4.78, 5) is 12.8. The van der Waals surface area contributed by atoms with E-state index in [0.29, 0.717) is 6.04 Å². The van der Waals surface area contributed by atoms with E-state index < -0.39 is 5.97 Å². The minimum Gasteiger partial charge on any atom is -0.478 e. The second kappa shape index (κ2) is 6.04. The molecule has 3 heteroatoms. The minimum atomic E-state index is -0.844. The van der Waals surface area contributed by atoms with Gasteiger partial charge in [-0.15, -0.1) is 0 Å². The molecule has 0 bridgehead atoms. The second-order valence-corrected chi connectivity index (χ2v) is 5.16. The van der Waals surface area contributed by atoms with E-state index in [1.807, 2.05) is 6.92 Å². The molecular formula is C13H23NO2. The Balaban J connectivity index is 2.40. The Labute approximate surface area is 98.1 Å². The molecule has 0 amide bonds. The zero-order valence-electron chi connectivity index (χ0n) is 10.6. The second-order valence-electron chi connectivity index (χ2n) is 5.16. The van der Waals surface area contributed by atoms with Crippen LogP contribution in [-0.4, -0.2) is 35.6 Å². The fourth-order valence-electron chi connectivity index (χ4n) is 2.46. The van der Waals surface area contributed by atoms with Crippen molar-refractivity contribution >= 4 is 5.97 Å². The van der Waals surface area contributed by atoms with Gasteiger partial charge in [0, 0.05) is 18.7 Å². The summed E-state index contributed by atoms with van der Waals surface area (Å²) in [5, 5.41) is 8.65. The summed E-state index contributed by atoms with van der Waals surface area (Å²) in [5.41, 5.74) is 0.925. The molecule has 0 aromatic rings. The lowest BCUT2D eigenvalue weighted by Gasteiger charge is -2.33. The van der Waals surface area contributed by atoms with Gasteiger partial charge in [-0.25, -0.2) is 4.79 Å². The quantitative estimate of drug-likeness (QED) is 0.747. The summed E-state index contributed by atoms with van der Waals surface area (Å²) in [5.74, 6) is 0.0171. The Morgan fingerprint density at radius 3 is 2.44 bits per heavy atom. The van der Waals surface area contributed by atoms with Gasteiger partial charge in [-0.1, -0.05) is 12.5 Å². The van der Waals surface area contributed by atoms with Crippen molar-refractivity contribution < 1.29 is 9.90 Å². The third kappa shape index (κ3) is 4.35. The van der Waals surface area contributed by atoms with Crippen LogP contribution in [0.5, 0.6) is 0 Å². The van der Waals surface area contributed by atoms with Crippen molar-refractivity contribution in [3.8, 4) is 0 Å². The Kier molecular flexibility index (Phi) is 5.00. The van der Waals surface area contributed by atoms with Crippen LogP contribution in [0.15, 0.2) is 11.6 Å². The number of carbonyl (C=O) groups is 1. The van der Waals surface area contributed by atoms with Crippen molar-refractivity contribution in [3.63, 3.8) is 0 Å². The van der Waals surface area contributed by atoms with E-state index >= 15 is 0 Å². The van der Waals surface area contributed by atoms with E-state index in [1.165, 1.54) is 31.8 Å². The highest BCUT2D eigenvalue weighted by Crippen LogP contribution is 2.26. The molecule has 1 rings (SSSR count). The van der Waals surface area contributed by atoms with Gasteiger partial charge in [0.1, 0.15) is 0 Å². The Bertz CT molecular complexity index is 265. The maximum absolute atomic E-state index is 10.5. The number of carboxylic acids is 1. The third-order valence-electron chi connectivity index (χ3n) is 3.48. The fraction of sp³-hybridized carbons (Fsp3) is 0.769. The van der Waals surface area contributed by atoms with Crippen LogP contribution in [0.1, 0.15) is 39.5 Å². The molecule has 0 aromatic heterocycles. The van der Waals surface area contributed by atoms with Gasteiger partial charge in [-0.2, -0.15) is 0 Å². The Morgan fingerprint density at radius 1 is 1.38 bits per heavy atom. The average molecular weight is 225 g/mol. The molecule has 1 fully saturated rings. The number of hydrogen-bond acceptors (Lipinski definition) is 2. The highest BCUT2D eigenvalue weighted by molar-refractivity contribution is 5.80. The van der Waals surface area contributed by atoms with Crippen LogP contribution < -0.4 is 0 Å². The van der Waals surface area contributed by atoms with Crippen molar-refractivity contribution in [3.05, 3.63) is 11.6 Å². The predicted octanol–water partition coefficient (Wildman–Crippen LogP) is 2.53. The average Bonchev–Trinajstić information content (AvgIpc) is 2.16. The number of rotatable bonds is 4. The lowest BCUT2D eigenvalue weighted by atomic mass is 9.86. The van der Waals surface area contributed by atoms with Crippen LogP contribution in [0.2, 0.25) is 0 Å². The summed E-state index contributed by atoms with van der Waals surface area (Å²) in [6.07, 6.45) is 6.41. The molecule has 1 N–H and O–H groups in total. The number of nitrogens with zero attached hydrogens (tertiary/aromatic N) is 1. The summed E-state index contributed by atoms with van der Waals surface area (Å²) >= 11 is 0. The first-order valence-electron chi connectivity index (χ1n) is 6.09. The smallest absolute Gasteiger partial charge is 0.328 e. The zero-order chi connectivity index (χ0) is 12.1. The summed E-state index contributed by atoms with van der Waals surface area (Å²) in [6.45, 7) is 4.97. The molecule has 0 saturated heterocycles. The maximum atomic E-state index is 10.5. The normalized spacial score (nSPS) is 27.1. The molecule has 1 saturated carbocycles. The molecule has 0 unspecified atom stereocenters. The first kappa shape index (κ1) is 13.2. The van der Waals surface area contributed by atoms with Crippen molar-refractivity contribution in [2.75, 3.05) is 13.6 Å². The predicted molar refractivity (Wildman–Crippen MR) is 65.4 cm³/mol. The highest BCUT2D eigenvalue weighted by Gasteiger charge is 2.21. The first-order valence-corrected chi connectivity index (χ1v) is 6.09. The van der Waals surface area contributed by atoms with Crippen LogP contribution in [0.3, 0.4) is 0 Å². The first-order chi connectivity index (χ1) is 7.49. The van der Waals surface area contributed by atoms with Crippen molar-refractivity contribution in [1.82, 2.24) is 4.90 Å². The van der Waals surface area contributed by atoms with E-state index in [9.17, 15) is 4.79 Å². The van der Waals surface area contributed by atoms with Crippen molar-refractivity contribution in [1.29, 1.82) is 0 Å². The van der Waals surface area contributed by atoms with Gasteiger partial charge in [0.05, 0.1) is 0 Å². The standard InChI is InChI=1S/C13H23NO2/c1-10-4-6-12(7-5-10)14(3)9-11(2)8-13(15)16/h8,10,12H,4-7,9H2,1-3H3,(H,15,16). The van der Waals surface area contributed by atoms with E-state index in [4.69, 9.17) is 5.11 Å².